The molecule has 0 unspecified atom stereocenters. The number of carboxylic acid groups (broad SMARTS) is 1. The molecule has 0 heterocycles. The van der Waals surface area contributed by atoms with Gasteiger partial charge in [0.1, 0.15) is 5.82 Å². The number of carbonyl (C=O) groups excluding carboxylic acids is 1. The van der Waals surface area contributed by atoms with Crippen molar-refractivity contribution >= 4 is 52.3 Å². The van der Waals surface area contributed by atoms with Crippen molar-refractivity contribution in [3.05, 3.63) is 76.0 Å². The fourth-order valence-electron chi connectivity index (χ4n) is 4.04. The number of halogens is 3. The fourth-order valence-corrected chi connectivity index (χ4v) is 4.37. The number of anilines is 3. The van der Waals surface area contributed by atoms with Crippen molar-refractivity contribution in [3.63, 3.8) is 0 Å². The topological polar surface area (TPSA) is 81.7 Å². The summed E-state index contributed by atoms with van der Waals surface area (Å²) in [6.07, 6.45) is 0. The van der Waals surface area contributed by atoms with Crippen LogP contribution in [0.4, 0.5) is 26.2 Å². The summed E-state index contributed by atoms with van der Waals surface area (Å²) in [4.78, 5) is 27.0. The van der Waals surface area contributed by atoms with E-state index in [0.717, 1.165) is 24.8 Å². The lowest BCUT2D eigenvalue weighted by Crippen LogP contribution is -2.32. The molecular weight excluding hydrogens is 516 g/mol. The second-order valence-electron chi connectivity index (χ2n) is 9.62. The van der Waals surface area contributed by atoms with Crippen LogP contribution in [0.3, 0.4) is 0 Å². The monoisotopic (exact) mass is 545 g/mol. The van der Waals surface area contributed by atoms with Crippen molar-refractivity contribution in [3.8, 4) is 11.1 Å². The average Bonchev–Trinajstić information content (AvgIpc) is 2.79. The van der Waals surface area contributed by atoms with E-state index in [4.69, 9.17) is 23.2 Å². The summed E-state index contributed by atoms with van der Waals surface area (Å²) in [5, 5.41) is 15.6. The van der Waals surface area contributed by atoms with E-state index >= 15 is 0 Å². The minimum absolute atomic E-state index is 0.0216. The number of benzene rings is 3. The number of hydrogen-bond donors (Lipinski definition) is 3. The Morgan fingerprint density at radius 2 is 1.46 bits per heavy atom. The first-order chi connectivity index (χ1) is 17.4. The van der Waals surface area contributed by atoms with Gasteiger partial charge in [-0.25, -0.2) is 14.0 Å². The Bertz CT molecular complexity index is 1290. The van der Waals surface area contributed by atoms with Gasteiger partial charge >= 0.3 is 12.0 Å². The number of carboxylic acids is 1. The molecule has 0 aliphatic heterocycles. The van der Waals surface area contributed by atoms with Gasteiger partial charge in [0, 0.05) is 23.1 Å². The van der Waals surface area contributed by atoms with Crippen LogP contribution in [-0.2, 0) is 0 Å². The number of rotatable bonds is 9. The predicted octanol–water partition coefficient (Wildman–Crippen LogP) is 8.26. The number of carbonyl (C=O) groups is 2. The third-order valence-corrected chi connectivity index (χ3v) is 5.93. The highest BCUT2D eigenvalue weighted by atomic mass is 35.5. The maximum absolute atomic E-state index is 14.3. The molecule has 0 bridgehead atoms. The number of hydrogen-bond acceptors (Lipinski definition) is 3. The van der Waals surface area contributed by atoms with Crippen molar-refractivity contribution in [2.24, 2.45) is 11.8 Å². The zero-order valence-corrected chi connectivity index (χ0v) is 22.6. The van der Waals surface area contributed by atoms with Gasteiger partial charge in [-0.2, -0.15) is 0 Å². The summed E-state index contributed by atoms with van der Waals surface area (Å²) in [5.74, 6) is -1.09. The third kappa shape index (κ3) is 7.60. The summed E-state index contributed by atoms with van der Waals surface area (Å²) in [7, 11) is 0. The summed E-state index contributed by atoms with van der Waals surface area (Å²) in [6.45, 7) is 9.91. The van der Waals surface area contributed by atoms with Crippen LogP contribution in [0.25, 0.3) is 11.1 Å². The first-order valence-corrected chi connectivity index (χ1v) is 12.7. The molecule has 0 radical (unpaired) electrons. The molecule has 0 aliphatic carbocycles. The lowest BCUT2D eigenvalue weighted by atomic mass is 9.98. The Morgan fingerprint density at radius 1 is 0.865 bits per heavy atom. The van der Waals surface area contributed by atoms with Crippen LogP contribution < -0.4 is 15.5 Å². The SMILES string of the molecule is CC(C)CN(CC(C)C)c1ccc(-c2ccc(Cl)cc2C(=O)O)cc1NC(=O)Nc1ccc(Cl)cc1F. The number of nitrogens with one attached hydrogen (secondary N) is 2. The first kappa shape index (κ1) is 28.3. The molecule has 9 heteroatoms. The predicted molar refractivity (Wildman–Crippen MR) is 150 cm³/mol. The molecule has 3 N–H and O–H groups in total. The Balaban J connectivity index is 2.07. The van der Waals surface area contributed by atoms with Gasteiger partial charge in [0.05, 0.1) is 22.6 Å². The summed E-state index contributed by atoms with van der Waals surface area (Å²) in [6, 6.07) is 13.4. The molecule has 0 aliphatic rings. The maximum atomic E-state index is 14.3. The minimum atomic E-state index is -1.12. The maximum Gasteiger partial charge on any atom is 0.336 e. The van der Waals surface area contributed by atoms with Crippen LogP contribution in [0.1, 0.15) is 38.1 Å². The molecule has 3 rings (SSSR count). The van der Waals surface area contributed by atoms with E-state index in [9.17, 15) is 19.1 Å². The summed E-state index contributed by atoms with van der Waals surface area (Å²) < 4.78 is 14.3. The Morgan fingerprint density at radius 3 is 2.05 bits per heavy atom. The largest absolute Gasteiger partial charge is 0.478 e. The lowest BCUT2D eigenvalue weighted by Gasteiger charge is -2.31. The van der Waals surface area contributed by atoms with Gasteiger partial charge in [-0.05, 0) is 65.4 Å². The second-order valence-corrected chi connectivity index (χ2v) is 10.5. The van der Waals surface area contributed by atoms with E-state index in [1.165, 1.54) is 18.2 Å². The number of amides is 2. The van der Waals surface area contributed by atoms with Gasteiger partial charge in [-0.1, -0.05) is 63.0 Å². The van der Waals surface area contributed by atoms with Crippen molar-refractivity contribution in [1.29, 1.82) is 0 Å². The van der Waals surface area contributed by atoms with Crippen LogP contribution in [0.5, 0.6) is 0 Å². The lowest BCUT2D eigenvalue weighted by molar-refractivity contribution is 0.0697. The van der Waals surface area contributed by atoms with Crippen LogP contribution >= 0.6 is 23.2 Å². The van der Waals surface area contributed by atoms with Crippen LogP contribution in [-0.4, -0.2) is 30.2 Å². The molecule has 0 fully saturated rings. The van der Waals surface area contributed by atoms with Crippen molar-refractivity contribution in [2.45, 2.75) is 27.7 Å². The molecule has 196 valence electrons. The average molecular weight is 546 g/mol. The van der Waals surface area contributed by atoms with E-state index < -0.39 is 17.8 Å². The molecule has 3 aromatic rings. The Labute approximate surface area is 226 Å². The van der Waals surface area contributed by atoms with Crippen molar-refractivity contribution in [2.75, 3.05) is 28.6 Å². The smallest absolute Gasteiger partial charge is 0.336 e. The number of nitrogens with zero attached hydrogens (tertiary/aromatic N) is 1. The van der Waals surface area contributed by atoms with Crippen LogP contribution in [0.2, 0.25) is 10.0 Å². The van der Waals surface area contributed by atoms with Crippen LogP contribution in [0.15, 0.2) is 54.6 Å². The molecule has 3 aromatic carbocycles. The van der Waals surface area contributed by atoms with Crippen LogP contribution in [0, 0.1) is 17.7 Å². The Hall–Kier alpha value is -3.29. The first-order valence-electron chi connectivity index (χ1n) is 11.9. The second kappa shape index (κ2) is 12.3. The van der Waals surface area contributed by atoms with Crippen molar-refractivity contribution < 1.29 is 19.1 Å². The van der Waals surface area contributed by atoms with E-state index in [1.807, 2.05) is 12.1 Å². The zero-order valence-electron chi connectivity index (χ0n) is 21.1. The van der Waals surface area contributed by atoms with Gasteiger partial charge in [0.25, 0.3) is 0 Å². The molecule has 6 nitrogen and oxygen atoms in total. The fraction of sp³-hybridized carbons (Fsp3) is 0.286. The van der Waals surface area contributed by atoms with Gasteiger partial charge in [-0.15, -0.1) is 0 Å². The van der Waals surface area contributed by atoms with Gasteiger partial charge in [-0.3, -0.25) is 0 Å². The quantitative estimate of drug-likeness (QED) is 0.252. The van der Waals surface area contributed by atoms with E-state index in [1.54, 1.807) is 18.2 Å². The molecule has 37 heavy (non-hydrogen) atoms. The number of urea groups is 1. The van der Waals surface area contributed by atoms with Gasteiger partial charge in [0.15, 0.2) is 0 Å². The normalized spacial score (nSPS) is 11.1. The van der Waals surface area contributed by atoms with Gasteiger partial charge in [0.2, 0.25) is 0 Å². The molecular formula is C28H30Cl2FN3O3. The summed E-state index contributed by atoms with van der Waals surface area (Å²) >= 11 is 11.9. The highest BCUT2D eigenvalue weighted by molar-refractivity contribution is 6.31. The Kier molecular flexibility index (Phi) is 9.40. The summed E-state index contributed by atoms with van der Waals surface area (Å²) in [5.41, 5.74) is 2.28. The van der Waals surface area contributed by atoms with E-state index in [0.29, 0.717) is 33.7 Å². The highest BCUT2D eigenvalue weighted by Crippen LogP contribution is 2.35. The van der Waals surface area contributed by atoms with E-state index in [2.05, 4.69) is 43.2 Å². The molecule has 2 amide bonds. The zero-order chi connectivity index (χ0) is 27.3. The third-order valence-electron chi connectivity index (χ3n) is 5.46. The molecule has 0 atom stereocenters. The van der Waals surface area contributed by atoms with Gasteiger partial charge < -0.3 is 20.6 Å². The highest BCUT2D eigenvalue weighted by Gasteiger charge is 2.20. The molecule has 0 aromatic heterocycles. The van der Waals surface area contributed by atoms with E-state index in [-0.39, 0.29) is 16.3 Å². The molecule has 0 saturated carbocycles. The number of aromatic carboxylic acids is 1. The standard InChI is InChI=1S/C28H30Cl2FN3O3/c1-16(2)14-34(15-17(3)4)26-10-5-18(21-8-6-19(29)12-22(21)27(35)36)11-25(26)33-28(37)32-24-9-7-20(30)13-23(24)31/h5-13,16-17H,14-15H2,1-4H3,(H,35,36)(H2,32,33,37). The molecule has 0 spiro atoms. The minimum Gasteiger partial charge on any atom is -0.478 e. The van der Waals surface area contributed by atoms with Crippen molar-refractivity contribution in [1.82, 2.24) is 0 Å². The molecule has 0 saturated heterocycles.